The van der Waals surface area contributed by atoms with Crippen molar-refractivity contribution in [1.29, 1.82) is 0 Å². The number of aliphatic hydroxyl groups excluding tert-OH is 1. The third kappa shape index (κ3) is 1.13. The third-order valence-electron chi connectivity index (χ3n) is 2.60. The SMILES string of the molecule is OCC1=NO[C@H]2CCCC[C@@H]12. The van der Waals surface area contributed by atoms with Gasteiger partial charge in [0, 0.05) is 5.92 Å². The molecule has 1 heterocycles. The Morgan fingerprint density at radius 2 is 2.27 bits per heavy atom. The number of hydrogen-bond acceptors (Lipinski definition) is 3. The van der Waals surface area contributed by atoms with E-state index in [1.165, 1.54) is 12.8 Å². The lowest BCUT2D eigenvalue weighted by atomic mass is 9.84. The first-order chi connectivity index (χ1) is 5.42. The lowest BCUT2D eigenvalue weighted by Gasteiger charge is -2.22. The van der Waals surface area contributed by atoms with Crippen molar-refractivity contribution in [3.8, 4) is 0 Å². The van der Waals surface area contributed by atoms with Crippen LogP contribution < -0.4 is 0 Å². The first kappa shape index (κ1) is 7.10. The maximum absolute atomic E-state index is 8.89. The van der Waals surface area contributed by atoms with Crippen LogP contribution in [0.25, 0.3) is 0 Å². The molecule has 0 amide bonds. The highest BCUT2D eigenvalue weighted by Crippen LogP contribution is 2.31. The second kappa shape index (κ2) is 2.81. The Bertz CT molecular complexity index is 179. The molecule has 3 nitrogen and oxygen atoms in total. The number of rotatable bonds is 1. The Kier molecular flexibility index (Phi) is 1.82. The number of fused-ring (bicyclic) bond motifs is 1. The fourth-order valence-electron chi connectivity index (χ4n) is 1.95. The van der Waals surface area contributed by atoms with Gasteiger partial charge in [-0.05, 0) is 19.3 Å². The largest absolute Gasteiger partial charge is 0.392 e. The van der Waals surface area contributed by atoms with Crippen LogP contribution in [0.3, 0.4) is 0 Å². The molecular formula is C8H13NO2. The van der Waals surface area contributed by atoms with Crippen LogP contribution in [-0.2, 0) is 4.84 Å². The van der Waals surface area contributed by atoms with Gasteiger partial charge in [-0.2, -0.15) is 0 Å². The maximum Gasteiger partial charge on any atom is 0.135 e. The molecule has 3 heteroatoms. The Morgan fingerprint density at radius 1 is 1.45 bits per heavy atom. The van der Waals surface area contributed by atoms with Gasteiger partial charge < -0.3 is 9.94 Å². The summed E-state index contributed by atoms with van der Waals surface area (Å²) in [5.74, 6) is 0.425. The Morgan fingerprint density at radius 3 is 3.09 bits per heavy atom. The summed E-state index contributed by atoms with van der Waals surface area (Å²) in [6.45, 7) is 0.0706. The van der Waals surface area contributed by atoms with Gasteiger partial charge in [-0.25, -0.2) is 0 Å². The normalized spacial score (nSPS) is 35.9. The van der Waals surface area contributed by atoms with E-state index in [9.17, 15) is 0 Å². The second-order valence-electron chi connectivity index (χ2n) is 3.28. The van der Waals surface area contributed by atoms with Gasteiger partial charge in [0.05, 0.1) is 12.3 Å². The van der Waals surface area contributed by atoms with Gasteiger partial charge in [0.1, 0.15) is 6.10 Å². The van der Waals surface area contributed by atoms with Crippen LogP contribution in [0.4, 0.5) is 0 Å². The summed E-state index contributed by atoms with van der Waals surface area (Å²) in [6, 6.07) is 0. The molecule has 11 heavy (non-hydrogen) atoms. The molecule has 2 atom stereocenters. The van der Waals surface area contributed by atoms with Crippen molar-refractivity contribution in [2.75, 3.05) is 6.61 Å². The predicted octanol–water partition coefficient (Wildman–Crippen LogP) is 0.924. The summed E-state index contributed by atoms with van der Waals surface area (Å²) in [7, 11) is 0. The average molecular weight is 155 g/mol. The number of aliphatic hydroxyl groups is 1. The van der Waals surface area contributed by atoms with Gasteiger partial charge in [0.25, 0.3) is 0 Å². The van der Waals surface area contributed by atoms with Crippen molar-refractivity contribution in [3.05, 3.63) is 0 Å². The second-order valence-corrected chi connectivity index (χ2v) is 3.28. The molecule has 0 aromatic rings. The fraction of sp³-hybridized carbons (Fsp3) is 0.875. The minimum absolute atomic E-state index is 0.0706. The summed E-state index contributed by atoms with van der Waals surface area (Å²) in [5.41, 5.74) is 0.856. The standard InChI is InChI=1S/C8H13NO2/c10-5-7-6-3-1-2-4-8(6)11-9-7/h6,8,10H,1-5H2/t6-,8-/m0/s1. The number of oxime groups is 1. The molecule has 0 spiro atoms. The monoisotopic (exact) mass is 155 g/mol. The molecule has 0 aromatic heterocycles. The van der Waals surface area contributed by atoms with Crippen LogP contribution in [0.15, 0.2) is 5.16 Å². The van der Waals surface area contributed by atoms with Crippen LogP contribution in [0, 0.1) is 5.92 Å². The number of nitrogens with zero attached hydrogens (tertiary/aromatic N) is 1. The highest BCUT2D eigenvalue weighted by molar-refractivity contribution is 5.88. The molecule has 2 aliphatic rings. The van der Waals surface area contributed by atoms with Crippen LogP contribution in [0.5, 0.6) is 0 Å². The van der Waals surface area contributed by atoms with Gasteiger partial charge in [0.2, 0.25) is 0 Å². The molecular weight excluding hydrogens is 142 g/mol. The van der Waals surface area contributed by atoms with Crippen molar-refractivity contribution in [1.82, 2.24) is 0 Å². The molecule has 0 radical (unpaired) electrons. The highest BCUT2D eigenvalue weighted by Gasteiger charge is 2.35. The summed E-state index contributed by atoms with van der Waals surface area (Å²) in [6.07, 6.45) is 5.03. The van der Waals surface area contributed by atoms with E-state index in [0.29, 0.717) is 5.92 Å². The summed E-state index contributed by atoms with van der Waals surface area (Å²) >= 11 is 0. The first-order valence-corrected chi connectivity index (χ1v) is 4.25. The van der Waals surface area contributed by atoms with E-state index in [1.807, 2.05) is 0 Å². The van der Waals surface area contributed by atoms with Crippen LogP contribution >= 0.6 is 0 Å². The van der Waals surface area contributed by atoms with E-state index in [1.54, 1.807) is 0 Å². The van der Waals surface area contributed by atoms with Gasteiger partial charge in [0.15, 0.2) is 0 Å². The van der Waals surface area contributed by atoms with Crippen LogP contribution in [0.1, 0.15) is 25.7 Å². The Balaban J connectivity index is 2.05. The zero-order valence-corrected chi connectivity index (χ0v) is 6.49. The fourth-order valence-corrected chi connectivity index (χ4v) is 1.95. The van der Waals surface area contributed by atoms with Gasteiger partial charge >= 0.3 is 0 Å². The van der Waals surface area contributed by atoms with Gasteiger partial charge in [-0.3, -0.25) is 0 Å². The summed E-state index contributed by atoms with van der Waals surface area (Å²) in [5, 5.41) is 12.8. The van der Waals surface area contributed by atoms with Crippen molar-refractivity contribution >= 4 is 5.71 Å². The molecule has 62 valence electrons. The van der Waals surface area contributed by atoms with E-state index in [4.69, 9.17) is 9.94 Å². The third-order valence-corrected chi connectivity index (χ3v) is 2.60. The smallest absolute Gasteiger partial charge is 0.135 e. The number of hydrogen-bond donors (Lipinski definition) is 1. The minimum atomic E-state index is 0.0706. The van der Waals surface area contributed by atoms with E-state index < -0.39 is 0 Å². The lowest BCUT2D eigenvalue weighted by molar-refractivity contribution is 0.0396. The zero-order valence-electron chi connectivity index (χ0n) is 6.49. The first-order valence-electron chi connectivity index (χ1n) is 4.25. The predicted molar refractivity (Wildman–Crippen MR) is 41.4 cm³/mol. The molecule has 1 aliphatic heterocycles. The van der Waals surface area contributed by atoms with Crippen molar-refractivity contribution in [2.24, 2.45) is 11.1 Å². The molecule has 0 aromatic carbocycles. The highest BCUT2D eigenvalue weighted by atomic mass is 16.6. The Labute approximate surface area is 66.0 Å². The molecule has 0 unspecified atom stereocenters. The maximum atomic E-state index is 8.89. The lowest BCUT2D eigenvalue weighted by Crippen LogP contribution is -2.28. The summed E-state index contributed by atoms with van der Waals surface area (Å²) in [4.78, 5) is 5.19. The van der Waals surface area contributed by atoms with E-state index >= 15 is 0 Å². The van der Waals surface area contributed by atoms with Gasteiger partial charge in [-0.1, -0.05) is 11.6 Å². The van der Waals surface area contributed by atoms with E-state index in [0.717, 1.165) is 18.6 Å². The van der Waals surface area contributed by atoms with Crippen molar-refractivity contribution in [2.45, 2.75) is 31.8 Å². The molecule has 0 saturated heterocycles. The molecule has 1 fully saturated rings. The van der Waals surface area contributed by atoms with E-state index in [2.05, 4.69) is 5.16 Å². The molecule has 1 saturated carbocycles. The van der Waals surface area contributed by atoms with Crippen molar-refractivity contribution in [3.63, 3.8) is 0 Å². The van der Waals surface area contributed by atoms with Crippen molar-refractivity contribution < 1.29 is 9.94 Å². The topological polar surface area (TPSA) is 41.8 Å². The molecule has 1 aliphatic carbocycles. The quantitative estimate of drug-likeness (QED) is 0.612. The summed E-state index contributed by atoms with van der Waals surface area (Å²) < 4.78 is 0. The molecule has 2 rings (SSSR count). The van der Waals surface area contributed by atoms with Crippen LogP contribution in [0.2, 0.25) is 0 Å². The van der Waals surface area contributed by atoms with Crippen LogP contribution in [-0.4, -0.2) is 23.5 Å². The van der Waals surface area contributed by atoms with E-state index in [-0.39, 0.29) is 12.7 Å². The molecule has 0 bridgehead atoms. The minimum Gasteiger partial charge on any atom is -0.392 e. The Hall–Kier alpha value is -0.570. The average Bonchev–Trinajstić information content (AvgIpc) is 2.47. The molecule has 1 N–H and O–H groups in total. The van der Waals surface area contributed by atoms with Gasteiger partial charge in [-0.15, -0.1) is 0 Å². The zero-order chi connectivity index (χ0) is 7.68.